The molecule has 0 saturated carbocycles. The Kier molecular flexibility index (Phi) is 4.96. The van der Waals surface area contributed by atoms with Crippen molar-refractivity contribution in [1.82, 2.24) is 9.78 Å². The molecule has 0 fully saturated rings. The standard InChI is InChI=1S/C22H20ClN3OS/c1-13-7-6-8-14(2)20(13)24-21(27)19-11-17-15(3)25-26(22(17)28-19)12-16-9-4-5-10-18(16)23/h4-11H,12H2,1-3H3,(H,24,27). The summed E-state index contributed by atoms with van der Waals surface area (Å²) in [7, 11) is 0. The molecule has 0 aliphatic carbocycles. The zero-order valence-electron chi connectivity index (χ0n) is 15.9. The number of amides is 1. The maximum absolute atomic E-state index is 12.9. The van der Waals surface area contributed by atoms with E-state index in [1.165, 1.54) is 11.3 Å². The number of para-hydroxylation sites is 1. The molecule has 4 rings (SSSR count). The first-order chi connectivity index (χ1) is 13.4. The minimum atomic E-state index is -0.0951. The molecule has 0 atom stereocenters. The number of anilines is 1. The predicted molar refractivity (Wildman–Crippen MR) is 117 cm³/mol. The number of aryl methyl sites for hydroxylation is 3. The van der Waals surface area contributed by atoms with Gasteiger partial charge in [0.05, 0.1) is 17.1 Å². The fourth-order valence-corrected chi connectivity index (χ4v) is 4.56. The van der Waals surface area contributed by atoms with E-state index in [2.05, 4.69) is 10.4 Å². The van der Waals surface area contributed by atoms with Crippen molar-refractivity contribution in [3.05, 3.63) is 80.8 Å². The molecule has 2 aromatic heterocycles. The molecule has 0 unspecified atom stereocenters. The third kappa shape index (κ3) is 3.43. The van der Waals surface area contributed by atoms with E-state index in [1.807, 2.05) is 74.0 Å². The number of thiophene rings is 1. The van der Waals surface area contributed by atoms with E-state index in [-0.39, 0.29) is 5.91 Å². The molecule has 2 heterocycles. The number of nitrogens with one attached hydrogen (secondary N) is 1. The highest BCUT2D eigenvalue weighted by Gasteiger charge is 2.18. The summed E-state index contributed by atoms with van der Waals surface area (Å²) in [4.78, 5) is 14.5. The normalized spacial score (nSPS) is 11.1. The number of hydrogen-bond acceptors (Lipinski definition) is 3. The summed E-state index contributed by atoms with van der Waals surface area (Å²) < 4.78 is 1.92. The van der Waals surface area contributed by atoms with E-state index in [9.17, 15) is 4.79 Å². The molecule has 4 aromatic rings. The van der Waals surface area contributed by atoms with Gasteiger partial charge in [0.15, 0.2) is 0 Å². The topological polar surface area (TPSA) is 46.9 Å². The van der Waals surface area contributed by atoms with Gasteiger partial charge in [0, 0.05) is 16.1 Å². The Morgan fingerprint density at radius 3 is 2.54 bits per heavy atom. The minimum Gasteiger partial charge on any atom is -0.321 e. The third-order valence-electron chi connectivity index (χ3n) is 4.83. The molecule has 1 amide bonds. The first-order valence-corrected chi connectivity index (χ1v) is 10.2. The first kappa shape index (κ1) is 18.7. The molecule has 0 bridgehead atoms. The summed E-state index contributed by atoms with van der Waals surface area (Å²) in [5, 5.41) is 9.42. The van der Waals surface area contributed by atoms with Crippen LogP contribution < -0.4 is 5.32 Å². The number of halogens is 1. The number of hydrogen-bond donors (Lipinski definition) is 1. The van der Waals surface area contributed by atoms with E-state index in [1.54, 1.807) is 0 Å². The molecule has 6 heteroatoms. The molecule has 0 radical (unpaired) electrons. The zero-order chi connectivity index (χ0) is 19.8. The second kappa shape index (κ2) is 7.41. The summed E-state index contributed by atoms with van der Waals surface area (Å²) in [5.41, 5.74) is 4.89. The molecule has 4 nitrogen and oxygen atoms in total. The minimum absolute atomic E-state index is 0.0951. The molecule has 28 heavy (non-hydrogen) atoms. The molecule has 0 saturated heterocycles. The van der Waals surface area contributed by atoms with Crippen molar-refractivity contribution >= 4 is 44.7 Å². The Hall–Kier alpha value is -2.63. The number of aromatic nitrogens is 2. The van der Waals surface area contributed by atoms with E-state index < -0.39 is 0 Å². The van der Waals surface area contributed by atoms with Crippen LogP contribution in [0.3, 0.4) is 0 Å². The third-order valence-corrected chi connectivity index (χ3v) is 6.34. The van der Waals surface area contributed by atoms with E-state index >= 15 is 0 Å². The Morgan fingerprint density at radius 2 is 1.82 bits per heavy atom. The van der Waals surface area contributed by atoms with Gasteiger partial charge in [-0.1, -0.05) is 48.0 Å². The molecule has 2 aromatic carbocycles. The van der Waals surface area contributed by atoms with Crippen molar-refractivity contribution in [2.24, 2.45) is 0 Å². The van der Waals surface area contributed by atoms with E-state index in [4.69, 9.17) is 11.6 Å². The summed E-state index contributed by atoms with van der Waals surface area (Å²) in [5.74, 6) is -0.0951. The second-order valence-electron chi connectivity index (χ2n) is 6.88. The Balaban J connectivity index is 1.66. The summed E-state index contributed by atoms with van der Waals surface area (Å²) in [6.45, 7) is 6.53. The van der Waals surface area contributed by atoms with Crippen molar-refractivity contribution < 1.29 is 4.79 Å². The summed E-state index contributed by atoms with van der Waals surface area (Å²) >= 11 is 7.76. The Labute approximate surface area is 172 Å². The van der Waals surface area contributed by atoms with E-state index in [0.29, 0.717) is 16.4 Å². The van der Waals surface area contributed by atoms with Crippen LogP contribution in [0.1, 0.15) is 32.1 Å². The number of fused-ring (bicyclic) bond motifs is 1. The number of rotatable bonds is 4. The van der Waals surface area contributed by atoms with Gasteiger partial charge in [0.1, 0.15) is 4.83 Å². The van der Waals surface area contributed by atoms with Crippen LogP contribution in [0.15, 0.2) is 48.5 Å². The Bertz CT molecular complexity index is 1170. The van der Waals surface area contributed by atoms with Crippen molar-refractivity contribution in [2.75, 3.05) is 5.32 Å². The largest absolute Gasteiger partial charge is 0.321 e. The molecule has 0 aliphatic heterocycles. The van der Waals surface area contributed by atoms with Crippen LogP contribution >= 0.6 is 22.9 Å². The number of benzene rings is 2. The quantitative estimate of drug-likeness (QED) is 0.450. The van der Waals surface area contributed by atoms with E-state index in [0.717, 1.165) is 38.3 Å². The van der Waals surface area contributed by atoms with Crippen molar-refractivity contribution in [3.63, 3.8) is 0 Å². The monoisotopic (exact) mass is 409 g/mol. The van der Waals surface area contributed by atoms with Gasteiger partial charge in [-0.2, -0.15) is 5.10 Å². The number of nitrogens with zero attached hydrogens (tertiary/aromatic N) is 2. The average Bonchev–Trinajstić information content (AvgIpc) is 3.22. The molecular formula is C22H20ClN3OS. The van der Waals surface area contributed by atoms with Crippen LogP contribution in [0.5, 0.6) is 0 Å². The highest BCUT2D eigenvalue weighted by molar-refractivity contribution is 7.20. The van der Waals surface area contributed by atoms with Crippen molar-refractivity contribution in [3.8, 4) is 0 Å². The van der Waals surface area contributed by atoms with Crippen LogP contribution in [-0.4, -0.2) is 15.7 Å². The highest BCUT2D eigenvalue weighted by atomic mass is 35.5. The highest BCUT2D eigenvalue weighted by Crippen LogP contribution is 2.31. The molecular weight excluding hydrogens is 390 g/mol. The van der Waals surface area contributed by atoms with Crippen LogP contribution in [0.25, 0.3) is 10.2 Å². The Morgan fingerprint density at radius 1 is 1.11 bits per heavy atom. The van der Waals surface area contributed by atoms with Crippen LogP contribution in [-0.2, 0) is 6.54 Å². The van der Waals surface area contributed by atoms with Gasteiger partial charge in [-0.05, 0) is 49.6 Å². The second-order valence-corrected chi connectivity index (χ2v) is 8.32. The summed E-state index contributed by atoms with van der Waals surface area (Å²) in [6, 6.07) is 15.7. The van der Waals surface area contributed by atoms with Gasteiger partial charge in [0.25, 0.3) is 5.91 Å². The zero-order valence-corrected chi connectivity index (χ0v) is 17.5. The lowest BCUT2D eigenvalue weighted by atomic mass is 10.1. The fourth-order valence-electron chi connectivity index (χ4n) is 3.31. The van der Waals surface area contributed by atoms with Gasteiger partial charge in [-0.25, -0.2) is 0 Å². The lowest BCUT2D eigenvalue weighted by Crippen LogP contribution is -2.12. The van der Waals surface area contributed by atoms with Crippen LogP contribution in [0.4, 0.5) is 5.69 Å². The molecule has 0 spiro atoms. The first-order valence-electron chi connectivity index (χ1n) is 9.02. The summed E-state index contributed by atoms with van der Waals surface area (Å²) in [6.07, 6.45) is 0. The van der Waals surface area contributed by atoms with Gasteiger partial charge in [0.2, 0.25) is 0 Å². The van der Waals surface area contributed by atoms with Crippen molar-refractivity contribution in [2.45, 2.75) is 27.3 Å². The number of carbonyl (C=O) groups is 1. The average molecular weight is 410 g/mol. The predicted octanol–water partition coefficient (Wildman–Crippen LogP) is 5.98. The molecule has 142 valence electrons. The fraction of sp³-hybridized carbons (Fsp3) is 0.182. The van der Waals surface area contributed by atoms with Gasteiger partial charge >= 0.3 is 0 Å². The molecule has 0 aliphatic rings. The van der Waals surface area contributed by atoms with Crippen LogP contribution in [0, 0.1) is 20.8 Å². The number of carbonyl (C=O) groups excluding carboxylic acids is 1. The van der Waals surface area contributed by atoms with Gasteiger partial charge < -0.3 is 5.32 Å². The van der Waals surface area contributed by atoms with Crippen LogP contribution in [0.2, 0.25) is 5.02 Å². The smallest absolute Gasteiger partial charge is 0.265 e. The van der Waals surface area contributed by atoms with Gasteiger partial charge in [-0.15, -0.1) is 11.3 Å². The van der Waals surface area contributed by atoms with Gasteiger partial charge in [-0.3, -0.25) is 9.48 Å². The maximum atomic E-state index is 12.9. The molecule has 1 N–H and O–H groups in total. The van der Waals surface area contributed by atoms with Crippen molar-refractivity contribution in [1.29, 1.82) is 0 Å². The lowest BCUT2D eigenvalue weighted by Gasteiger charge is -2.10. The maximum Gasteiger partial charge on any atom is 0.265 e. The lowest BCUT2D eigenvalue weighted by molar-refractivity contribution is 0.103. The SMILES string of the molecule is Cc1cccc(C)c1NC(=O)c1cc2c(C)nn(Cc3ccccc3Cl)c2s1.